The van der Waals surface area contributed by atoms with E-state index in [1.54, 1.807) is 0 Å². The van der Waals surface area contributed by atoms with Gasteiger partial charge in [0.1, 0.15) is 12.7 Å². The second kappa shape index (κ2) is 51.0. The van der Waals surface area contributed by atoms with Crippen LogP contribution in [0.25, 0.3) is 0 Å². The van der Waals surface area contributed by atoms with Gasteiger partial charge in [0.15, 0.2) is 6.10 Å². The lowest BCUT2D eigenvalue weighted by Gasteiger charge is -2.21. The topological polar surface area (TPSA) is 155 Å². The van der Waals surface area contributed by atoms with Gasteiger partial charge < -0.3 is 24.2 Å². The fraction of sp³-hybridized carbons (Fsp3) is 0.569. The molecule has 0 rings (SSSR count). The number of aliphatic hydroxyl groups is 1. The summed E-state index contributed by atoms with van der Waals surface area (Å²) < 4.78 is 39.2. The van der Waals surface area contributed by atoms with Crippen LogP contribution in [-0.2, 0) is 42.2 Å². The van der Waals surface area contributed by atoms with E-state index in [4.69, 9.17) is 23.3 Å². The molecule has 0 aliphatic heterocycles. The molecule has 0 aromatic rings. The smallest absolute Gasteiger partial charge is 0.462 e. The van der Waals surface area contributed by atoms with Crippen molar-refractivity contribution >= 4 is 25.7 Å². The maximum atomic E-state index is 12.9. The minimum absolute atomic E-state index is 0.0725. The second-order valence-corrected chi connectivity index (χ2v) is 18.0. The third-order valence-corrected chi connectivity index (χ3v) is 11.0. The van der Waals surface area contributed by atoms with Gasteiger partial charge in [0.05, 0.1) is 19.8 Å². The Morgan fingerprint density at radius 1 is 0.400 bits per heavy atom. The third-order valence-electron chi connectivity index (χ3n) is 10.1. The van der Waals surface area contributed by atoms with Gasteiger partial charge in [0.25, 0.3) is 0 Å². The van der Waals surface area contributed by atoms with Gasteiger partial charge in [-0.3, -0.25) is 23.4 Å². The highest BCUT2D eigenvalue weighted by Crippen LogP contribution is 2.43. The van der Waals surface area contributed by atoms with Crippen molar-refractivity contribution in [2.24, 2.45) is 0 Å². The van der Waals surface area contributed by atoms with Crippen LogP contribution in [0.3, 0.4) is 0 Å². The number of phosphoric acid groups is 1. The first-order chi connectivity index (χ1) is 34.2. The number of unbranched alkanes of at least 4 members (excludes halogenated alkanes) is 7. The van der Waals surface area contributed by atoms with E-state index in [0.717, 1.165) is 109 Å². The van der Waals surface area contributed by atoms with E-state index in [2.05, 4.69) is 142 Å². The number of allylic oxidation sites excluding steroid dienone is 22. The molecule has 394 valence electrons. The molecule has 11 nitrogen and oxygen atoms in total. The van der Waals surface area contributed by atoms with Crippen LogP contribution >= 0.6 is 7.82 Å². The summed E-state index contributed by atoms with van der Waals surface area (Å²) in [6, 6.07) is 0. The lowest BCUT2D eigenvalue weighted by molar-refractivity contribution is -0.161. The largest absolute Gasteiger partial charge is 0.472 e. The lowest BCUT2D eigenvalue weighted by atomic mass is 10.1. The van der Waals surface area contributed by atoms with Gasteiger partial charge in [0.2, 0.25) is 0 Å². The highest BCUT2D eigenvalue weighted by atomic mass is 31.2. The van der Waals surface area contributed by atoms with Crippen LogP contribution in [0.5, 0.6) is 0 Å². The van der Waals surface area contributed by atoms with E-state index in [1.165, 1.54) is 0 Å². The van der Waals surface area contributed by atoms with Crippen LogP contribution in [0.2, 0.25) is 0 Å². The molecule has 0 spiro atoms. The highest BCUT2D eigenvalue weighted by molar-refractivity contribution is 7.47. The quantitative estimate of drug-likeness (QED) is 0.0197. The van der Waals surface area contributed by atoms with Crippen molar-refractivity contribution in [2.75, 3.05) is 26.4 Å². The highest BCUT2D eigenvalue weighted by Gasteiger charge is 2.28. The van der Waals surface area contributed by atoms with Crippen LogP contribution in [0.1, 0.15) is 175 Å². The Morgan fingerprint density at radius 3 is 1.10 bits per heavy atom. The number of aliphatic hydroxyl groups excluding tert-OH is 1. The van der Waals surface area contributed by atoms with Gasteiger partial charge in [0, 0.05) is 19.3 Å². The monoisotopic (exact) mass is 995 g/mol. The van der Waals surface area contributed by atoms with Gasteiger partial charge in [-0.05, 0) is 122 Å². The van der Waals surface area contributed by atoms with E-state index >= 15 is 0 Å². The summed E-state index contributed by atoms with van der Waals surface area (Å²) in [6.07, 6.45) is 62.9. The zero-order valence-electron chi connectivity index (χ0n) is 43.2. The van der Waals surface area contributed by atoms with Crippen molar-refractivity contribution in [2.45, 2.75) is 187 Å². The normalized spacial score (nSPS) is 14.5. The minimum Gasteiger partial charge on any atom is -0.462 e. The predicted octanol–water partition coefficient (Wildman–Crippen LogP) is 15.0. The summed E-state index contributed by atoms with van der Waals surface area (Å²) in [6.45, 7) is 4.12. The second-order valence-electron chi connectivity index (χ2n) is 16.5. The summed E-state index contributed by atoms with van der Waals surface area (Å²) in [5, 5.41) is 9.77. The first kappa shape index (κ1) is 65.6. The Morgan fingerprint density at radius 2 is 0.714 bits per heavy atom. The van der Waals surface area contributed by atoms with Crippen LogP contribution in [0.15, 0.2) is 134 Å². The molecule has 70 heavy (non-hydrogen) atoms. The molecule has 0 bridgehead atoms. The molecule has 0 saturated heterocycles. The van der Waals surface area contributed by atoms with Gasteiger partial charge in [-0.25, -0.2) is 4.57 Å². The fourth-order valence-corrected chi connectivity index (χ4v) is 6.97. The van der Waals surface area contributed by atoms with E-state index in [9.17, 15) is 28.9 Å². The zero-order valence-corrected chi connectivity index (χ0v) is 44.1. The molecule has 2 N–H and O–H groups in total. The number of ether oxygens (including phenoxy) is 3. The summed E-state index contributed by atoms with van der Waals surface area (Å²) in [5.41, 5.74) is 0. The zero-order chi connectivity index (χ0) is 51.3. The molecule has 3 unspecified atom stereocenters. The number of esters is 3. The van der Waals surface area contributed by atoms with E-state index < -0.39 is 57.8 Å². The van der Waals surface area contributed by atoms with Gasteiger partial charge in [-0.15, -0.1) is 0 Å². The molecule has 0 amide bonds. The minimum atomic E-state index is -4.78. The fourth-order valence-electron chi connectivity index (χ4n) is 6.18. The molecule has 0 aromatic carbocycles. The molecule has 0 aliphatic rings. The molecular weight excluding hydrogens is 904 g/mol. The summed E-state index contributed by atoms with van der Waals surface area (Å²) in [7, 11) is -4.78. The lowest BCUT2D eigenvalue weighted by Crippen LogP contribution is -2.30. The SMILES string of the molecule is CC/C=C\C/C=C\C/C=C\C/C=C\C/C=C\CCCC(=O)OC(COC(=O)CCCCC/C=C\C/C=C\C/C=C\CC)COP(=O)(O)OCC(CO)OC(=O)CCCCC/C=C\C/C=C\C/C=C\CC. The summed E-state index contributed by atoms with van der Waals surface area (Å²) in [4.78, 5) is 48.3. The van der Waals surface area contributed by atoms with Crippen LogP contribution in [0, 0.1) is 0 Å². The number of rotatable bonds is 46. The number of hydrogen-bond acceptors (Lipinski definition) is 10. The molecule has 0 aromatic heterocycles. The first-order valence-electron chi connectivity index (χ1n) is 26.1. The molecule has 0 fully saturated rings. The van der Waals surface area contributed by atoms with Crippen molar-refractivity contribution < 1.29 is 52.2 Å². The third kappa shape index (κ3) is 48.6. The van der Waals surface area contributed by atoms with Crippen LogP contribution < -0.4 is 0 Å². The Balaban J connectivity index is 4.92. The molecule has 0 saturated carbocycles. The van der Waals surface area contributed by atoms with E-state index in [-0.39, 0.29) is 25.9 Å². The van der Waals surface area contributed by atoms with Crippen LogP contribution in [-0.4, -0.2) is 66.5 Å². The first-order valence-corrected chi connectivity index (χ1v) is 27.6. The van der Waals surface area contributed by atoms with Crippen molar-refractivity contribution in [3.05, 3.63) is 134 Å². The van der Waals surface area contributed by atoms with Gasteiger partial charge >= 0.3 is 25.7 Å². The maximum Gasteiger partial charge on any atom is 0.472 e. The predicted molar refractivity (Wildman–Crippen MR) is 288 cm³/mol. The number of phosphoric ester groups is 1. The Kier molecular flexibility index (Phi) is 47.8. The summed E-state index contributed by atoms with van der Waals surface area (Å²) >= 11 is 0. The average molecular weight is 995 g/mol. The van der Waals surface area contributed by atoms with Crippen LogP contribution in [0.4, 0.5) is 0 Å². The van der Waals surface area contributed by atoms with E-state index in [0.29, 0.717) is 25.7 Å². The molecule has 12 heteroatoms. The number of carbonyl (C=O) groups excluding carboxylic acids is 3. The van der Waals surface area contributed by atoms with Crippen molar-refractivity contribution in [1.29, 1.82) is 0 Å². The Bertz CT molecular complexity index is 1680. The van der Waals surface area contributed by atoms with Gasteiger partial charge in [-0.2, -0.15) is 0 Å². The molecule has 0 heterocycles. The molecule has 0 aliphatic carbocycles. The van der Waals surface area contributed by atoms with Gasteiger partial charge in [-0.1, -0.05) is 167 Å². The molecule has 0 radical (unpaired) electrons. The molecular formula is C58H91O11P. The molecule has 3 atom stereocenters. The van der Waals surface area contributed by atoms with Crippen molar-refractivity contribution in [3.63, 3.8) is 0 Å². The maximum absolute atomic E-state index is 12.9. The average Bonchev–Trinajstić information content (AvgIpc) is 3.35. The number of carbonyl (C=O) groups is 3. The van der Waals surface area contributed by atoms with Crippen molar-refractivity contribution in [3.8, 4) is 0 Å². The van der Waals surface area contributed by atoms with E-state index in [1.807, 2.05) is 12.2 Å². The Hall–Kier alpha value is -4.38. The van der Waals surface area contributed by atoms with Crippen molar-refractivity contribution in [1.82, 2.24) is 0 Å². The Labute approximate surface area is 423 Å². The number of hydrogen-bond donors (Lipinski definition) is 2. The standard InChI is InChI=1S/C58H91O11P/c1-4-7-10-13-16-19-22-25-26-27-28-31-34-37-40-43-46-49-58(62)69-55(51-65-56(60)47-44-41-38-35-32-29-23-20-17-14-11-8-5-2)53-67-70(63,64)66-52-54(50-59)68-57(61)48-45-42-39-36-33-30-24-21-18-15-12-9-6-3/h7-12,16-21,25-26,28-33,37,40,54-55,59H,4-6,13-15,22-24,27,34-36,38-39,41-53H2,1-3H3,(H,63,64)/b10-7-,11-8-,12-9-,19-16-,20-17-,21-18-,26-25-,31-28-,32-29-,33-30-,40-37-. The summed E-state index contributed by atoms with van der Waals surface area (Å²) in [5.74, 6) is -1.62.